The molecule has 3 nitrogen and oxygen atoms in total. The van der Waals surface area contributed by atoms with Gasteiger partial charge in [-0.2, -0.15) is 0 Å². The van der Waals surface area contributed by atoms with Crippen molar-refractivity contribution in [1.29, 1.82) is 0 Å². The monoisotopic (exact) mass is 172 g/mol. The number of aromatic amines is 1. The van der Waals surface area contributed by atoms with Crippen molar-refractivity contribution in [2.75, 3.05) is 12.9 Å². The molecule has 1 rings (SSSR count). The van der Waals surface area contributed by atoms with E-state index in [4.69, 9.17) is 4.74 Å². The highest BCUT2D eigenvalue weighted by molar-refractivity contribution is 7.99. The summed E-state index contributed by atoms with van der Waals surface area (Å²) in [4.78, 5) is 7.09. The summed E-state index contributed by atoms with van der Waals surface area (Å²) >= 11 is 1.67. The van der Waals surface area contributed by atoms with Crippen LogP contribution in [0.25, 0.3) is 0 Å². The van der Waals surface area contributed by atoms with Crippen LogP contribution >= 0.6 is 11.8 Å². The Hall–Kier alpha value is -0.480. The van der Waals surface area contributed by atoms with Crippen molar-refractivity contribution in [3.05, 3.63) is 12.4 Å². The first-order valence-electron chi connectivity index (χ1n) is 3.48. The number of methoxy groups -OCH3 is 1. The number of hydrogen-bond donors (Lipinski definition) is 1. The molecule has 0 amide bonds. The standard InChI is InChI=1S/C7H12N2OS/c1-6(10-2)5-11-7-8-3-4-9-7/h3-4,6H,5H2,1-2H3,(H,8,9). The van der Waals surface area contributed by atoms with Crippen LogP contribution in [0.1, 0.15) is 6.92 Å². The number of imidazole rings is 1. The number of nitrogens with zero attached hydrogens (tertiary/aromatic N) is 1. The topological polar surface area (TPSA) is 37.9 Å². The van der Waals surface area contributed by atoms with Crippen molar-refractivity contribution in [2.24, 2.45) is 0 Å². The lowest BCUT2D eigenvalue weighted by molar-refractivity contribution is 0.138. The van der Waals surface area contributed by atoms with E-state index < -0.39 is 0 Å². The zero-order valence-electron chi connectivity index (χ0n) is 6.70. The third-order valence-electron chi connectivity index (χ3n) is 1.33. The average Bonchev–Trinajstić information content (AvgIpc) is 2.52. The second-order valence-electron chi connectivity index (χ2n) is 2.25. The molecule has 0 fully saturated rings. The minimum Gasteiger partial charge on any atom is -0.381 e. The van der Waals surface area contributed by atoms with Gasteiger partial charge in [-0.15, -0.1) is 0 Å². The molecular formula is C7H12N2OS. The first kappa shape index (κ1) is 8.62. The van der Waals surface area contributed by atoms with Gasteiger partial charge in [0.05, 0.1) is 6.10 Å². The van der Waals surface area contributed by atoms with Gasteiger partial charge in [0.2, 0.25) is 0 Å². The van der Waals surface area contributed by atoms with Crippen molar-refractivity contribution in [1.82, 2.24) is 9.97 Å². The van der Waals surface area contributed by atoms with Gasteiger partial charge in [0, 0.05) is 25.3 Å². The van der Waals surface area contributed by atoms with Gasteiger partial charge in [-0.05, 0) is 6.92 Å². The summed E-state index contributed by atoms with van der Waals surface area (Å²) in [6.07, 6.45) is 3.85. The van der Waals surface area contributed by atoms with E-state index in [1.807, 2.05) is 13.1 Å². The summed E-state index contributed by atoms with van der Waals surface area (Å²) in [5, 5.41) is 0.953. The van der Waals surface area contributed by atoms with Crippen LogP contribution in [0.5, 0.6) is 0 Å². The van der Waals surface area contributed by atoms with Crippen molar-refractivity contribution in [3.8, 4) is 0 Å². The van der Waals surface area contributed by atoms with Gasteiger partial charge in [-0.3, -0.25) is 0 Å². The summed E-state index contributed by atoms with van der Waals surface area (Å²) in [5.74, 6) is 0.935. The molecule has 1 heterocycles. The highest BCUT2D eigenvalue weighted by Gasteiger charge is 2.01. The number of rotatable bonds is 4. The molecule has 0 aliphatic rings. The highest BCUT2D eigenvalue weighted by Crippen LogP contribution is 2.13. The fourth-order valence-electron chi connectivity index (χ4n) is 0.594. The number of nitrogens with one attached hydrogen (secondary N) is 1. The van der Waals surface area contributed by atoms with Crippen molar-refractivity contribution in [2.45, 2.75) is 18.2 Å². The lowest BCUT2D eigenvalue weighted by Crippen LogP contribution is -2.07. The Morgan fingerprint density at radius 3 is 3.18 bits per heavy atom. The zero-order valence-corrected chi connectivity index (χ0v) is 7.52. The molecular weight excluding hydrogens is 160 g/mol. The maximum atomic E-state index is 5.09. The van der Waals surface area contributed by atoms with E-state index in [0.29, 0.717) is 0 Å². The van der Waals surface area contributed by atoms with Crippen LogP contribution in [0.2, 0.25) is 0 Å². The summed E-state index contributed by atoms with van der Waals surface area (Å²) in [6, 6.07) is 0. The summed E-state index contributed by atoms with van der Waals surface area (Å²) in [5.41, 5.74) is 0. The smallest absolute Gasteiger partial charge is 0.165 e. The van der Waals surface area contributed by atoms with E-state index in [1.54, 1.807) is 25.1 Å². The van der Waals surface area contributed by atoms with E-state index in [9.17, 15) is 0 Å². The minimum absolute atomic E-state index is 0.282. The SMILES string of the molecule is COC(C)CSc1ncc[nH]1. The Labute approximate surface area is 70.6 Å². The second kappa shape index (κ2) is 4.41. The number of aromatic nitrogens is 2. The molecule has 1 unspecified atom stereocenters. The molecule has 11 heavy (non-hydrogen) atoms. The predicted molar refractivity (Wildman–Crippen MR) is 45.8 cm³/mol. The van der Waals surface area contributed by atoms with Crippen LogP contribution in [0.15, 0.2) is 17.6 Å². The molecule has 0 aliphatic heterocycles. The largest absolute Gasteiger partial charge is 0.381 e. The Balaban J connectivity index is 2.23. The third kappa shape index (κ3) is 2.95. The highest BCUT2D eigenvalue weighted by atomic mass is 32.2. The van der Waals surface area contributed by atoms with E-state index in [0.717, 1.165) is 10.9 Å². The van der Waals surface area contributed by atoms with E-state index in [1.165, 1.54) is 0 Å². The molecule has 0 saturated carbocycles. The molecule has 0 bridgehead atoms. The second-order valence-corrected chi connectivity index (χ2v) is 3.26. The van der Waals surface area contributed by atoms with Gasteiger partial charge >= 0.3 is 0 Å². The predicted octanol–water partition coefficient (Wildman–Crippen LogP) is 1.54. The van der Waals surface area contributed by atoms with E-state index >= 15 is 0 Å². The molecule has 0 aliphatic carbocycles. The normalized spacial score (nSPS) is 13.3. The first-order valence-corrected chi connectivity index (χ1v) is 4.46. The molecule has 0 radical (unpaired) electrons. The Bertz CT molecular complexity index is 188. The molecule has 1 atom stereocenters. The fourth-order valence-corrected chi connectivity index (χ4v) is 1.41. The maximum absolute atomic E-state index is 5.09. The van der Waals surface area contributed by atoms with Crippen molar-refractivity contribution >= 4 is 11.8 Å². The molecule has 1 N–H and O–H groups in total. The Morgan fingerprint density at radius 1 is 1.82 bits per heavy atom. The Kier molecular flexibility index (Phi) is 3.45. The summed E-state index contributed by atoms with van der Waals surface area (Å²) < 4.78 is 5.09. The van der Waals surface area contributed by atoms with Gasteiger partial charge < -0.3 is 9.72 Å². The number of H-pyrrole nitrogens is 1. The quantitative estimate of drug-likeness (QED) is 0.700. The van der Waals surface area contributed by atoms with Gasteiger partial charge in [-0.25, -0.2) is 4.98 Å². The number of thioether (sulfide) groups is 1. The molecule has 4 heteroatoms. The van der Waals surface area contributed by atoms with Crippen LogP contribution in [-0.4, -0.2) is 28.9 Å². The summed E-state index contributed by atoms with van der Waals surface area (Å²) in [6.45, 7) is 2.04. The number of ether oxygens (including phenoxy) is 1. The fraction of sp³-hybridized carbons (Fsp3) is 0.571. The van der Waals surface area contributed by atoms with Crippen LogP contribution in [0.4, 0.5) is 0 Å². The lowest BCUT2D eigenvalue weighted by atomic mass is 10.5. The number of hydrogen-bond acceptors (Lipinski definition) is 3. The van der Waals surface area contributed by atoms with Crippen molar-refractivity contribution < 1.29 is 4.74 Å². The van der Waals surface area contributed by atoms with E-state index in [-0.39, 0.29) is 6.10 Å². The molecule has 0 aromatic carbocycles. The average molecular weight is 172 g/mol. The van der Waals surface area contributed by atoms with Gasteiger partial charge in [0.1, 0.15) is 0 Å². The maximum Gasteiger partial charge on any atom is 0.165 e. The Morgan fingerprint density at radius 2 is 2.64 bits per heavy atom. The van der Waals surface area contributed by atoms with Gasteiger partial charge in [-0.1, -0.05) is 11.8 Å². The van der Waals surface area contributed by atoms with Crippen LogP contribution in [0, 0.1) is 0 Å². The third-order valence-corrected chi connectivity index (χ3v) is 2.46. The van der Waals surface area contributed by atoms with Crippen LogP contribution in [0.3, 0.4) is 0 Å². The van der Waals surface area contributed by atoms with Crippen molar-refractivity contribution in [3.63, 3.8) is 0 Å². The lowest BCUT2D eigenvalue weighted by Gasteiger charge is -2.05. The van der Waals surface area contributed by atoms with Gasteiger partial charge in [0.15, 0.2) is 5.16 Å². The molecule has 62 valence electrons. The molecule has 1 aromatic heterocycles. The van der Waals surface area contributed by atoms with E-state index in [2.05, 4.69) is 9.97 Å². The zero-order chi connectivity index (χ0) is 8.10. The van der Waals surface area contributed by atoms with Crippen LogP contribution < -0.4 is 0 Å². The minimum atomic E-state index is 0.282. The summed E-state index contributed by atoms with van der Waals surface area (Å²) in [7, 11) is 1.72. The molecule has 0 saturated heterocycles. The van der Waals surface area contributed by atoms with Gasteiger partial charge in [0.25, 0.3) is 0 Å². The van der Waals surface area contributed by atoms with Crippen LogP contribution in [-0.2, 0) is 4.74 Å². The molecule has 0 spiro atoms. The first-order chi connectivity index (χ1) is 5.33. The molecule has 1 aromatic rings.